The molecule has 2 atom stereocenters. The first-order chi connectivity index (χ1) is 7.45. The highest BCUT2D eigenvalue weighted by Crippen LogP contribution is 2.56. The largest absolute Gasteiger partial charge is 0.312 e. The van der Waals surface area contributed by atoms with Crippen LogP contribution < -0.4 is 5.32 Å². The number of hydrogen-bond donors (Lipinski definition) is 1. The van der Waals surface area contributed by atoms with Crippen molar-refractivity contribution in [1.82, 2.24) is 5.32 Å². The Labute approximate surface area is 91.9 Å². The summed E-state index contributed by atoms with van der Waals surface area (Å²) in [4.78, 5) is 0. The van der Waals surface area contributed by atoms with Gasteiger partial charge in [-0.3, -0.25) is 0 Å². The van der Waals surface area contributed by atoms with E-state index < -0.39 is 0 Å². The lowest BCUT2D eigenvalue weighted by molar-refractivity contribution is 0.533. The molecule has 1 N–H and O–H groups in total. The molecule has 0 spiro atoms. The first-order valence-corrected chi connectivity index (χ1v) is 6.20. The molecule has 1 aromatic rings. The van der Waals surface area contributed by atoms with E-state index in [2.05, 4.69) is 35.6 Å². The topological polar surface area (TPSA) is 12.0 Å². The monoisotopic (exact) mass is 201 g/mol. The number of nitrogens with one attached hydrogen (secondary N) is 1. The molecule has 2 aliphatic carbocycles. The molecule has 0 saturated heterocycles. The Bertz CT molecular complexity index is 309. The lowest BCUT2D eigenvalue weighted by Gasteiger charge is -2.06. The normalized spacial score (nSPS) is 32.7. The summed E-state index contributed by atoms with van der Waals surface area (Å²) in [7, 11) is 0. The molecular weight excluding hydrogens is 182 g/mol. The zero-order chi connectivity index (χ0) is 10.1. The van der Waals surface area contributed by atoms with E-state index >= 15 is 0 Å². The maximum Gasteiger partial charge on any atom is 0.0205 e. The van der Waals surface area contributed by atoms with Gasteiger partial charge in [-0.2, -0.15) is 0 Å². The second kappa shape index (κ2) is 3.97. The van der Waals surface area contributed by atoms with Crippen LogP contribution in [0.4, 0.5) is 0 Å². The molecular formula is C14H19N. The second-order valence-corrected chi connectivity index (χ2v) is 5.04. The fourth-order valence-electron chi connectivity index (χ4n) is 3.25. The zero-order valence-corrected chi connectivity index (χ0v) is 9.15. The molecule has 1 heteroatoms. The molecule has 15 heavy (non-hydrogen) atoms. The minimum Gasteiger partial charge on any atom is -0.312 e. The van der Waals surface area contributed by atoms with Gasteiger partial charge in [0, 0.05) is 6.54 Å². The Morgan fingerprint density at radius 3 is 2.53 bits per heavy atom. The maximum atomic E-state index is 3.59. The van der Waals surface area contributed by atoms with E-state index in [0.29, 0.717) is 0 Å². The summed E-state index contributed by atoms with van der Waals surface area (Å²) in [6, 6.07) is 10.7. The molecule has 2 aliphatic rings. The Morgan fingerprint density at radius 1 is 1.07 bits per heavy atom. The third kappa shape index (κ3) is 1.93. The lowest BCUT2D eigenvalue weighted by Crippen LogP contribution is -2.17. The highest BCUT2D eigenvalue weighted by molar-refractivity contribution is 5.14. The van der Waals surface area contributed by atoms with E-state index in [4.69, 9.17) is 0 Å². The second-order valence-electron chi connectivity index (χ2n) is 5.04. The molecule has 0 aliphatic heterocycles. The van der Waals surface area contributed by atoms with Crippen LogP contribution in [0.2, 0.25) is 0 Å². The number of fused-ring (bicyclic) bond motifs is 1. The molecule has 2 fully saturated rings. The average Bonchev–Trinajstić information content (AvgIpc) is 2.75. The van der Waals surface area contributed by atoms with Crippen molar-refractivity contribution in [3.8, 4) is 0 Å². The van der Waals surface area contributed by atoms with Crippen LogP contribution in [-0.4, -0.2) is 6.54 Å². The molecule has 0 radical (unpaired) electrons. The van der Waals surface area contributed by atoms with Crippen molar-refractivity contribution < 1.29 is 0 Å². The number of hydrogen-bond acceptors (Lipinski definition) is 1. The Balaban J connectivity index is 1.41. The van der Waals surface area contributed by atoms with E-state index in [1.54, 1.807) is 0 Å². The van der Waals surface area contributed by atoms with Gasteiger partial charge in [0.15, 0.2) is 0 Å². The zero-order valence-electron chi connectivity index (χ0n) is 9.15. The first-order valence-electron chi connectivity index (χ1n) is 6.20. The van der Waals surface area contributed by atoms with Gasteiger partial charge in [0.05, 0.1) is 0 Å². The quantitative estimate of drug-likeness (QED) is 0.790. The molecule has 1 nitrogen and oxygen atoms in total. The molecule has 0 bridgehead atoms. The third-order valence-electron chi connectivity index (χ3n) is 4.14. The van der Waals surface area contributed by atoms with Crippen LogP contribution in [0.3, 0.4) is 0 Å². The minimum absolute atomic E-state index is 1.02. The third-order valence-corrected chi connectivity index (χ3v) is 4.14. The van der Waals surface area contributed by atoms with E-state index in [-0.39, 0.29) is 0 Å². The Kier molecular flexibility index (Phi) is 2.49. The van der Waals surface area contributed by atoms with Crippen LogP contribution >= 0.6 is 0 Å². The highest BCUT2D eigenvalue weighted by Gasteiger charge is 2.51. The van der Waals surface area contributed by atoms with Crippen molar-refractivity contribution in [2.75, 3.05) is 6.54 Å². The Hall–Kier alpha value is -0.820. The summed E-state index contributed by atoms with van der Waals surface area (Å²) in [5, 5.41) is 3.59. The SMILES string of the molecule is c1ccc(CNCC2C3CCCC32)cc1. The fourth-order valence-corrected chi connectivity index (χ4v) is 3.25. The first kappa shape index (κ1) is 9.41. The van der Waals surface area contributed by atoms with Crippen LogP contribution in [0.15, 0.2) is 30.3 Å². The predicted octanol–water partition coefficient (Wildman–Crippen LogP) is 2.82. The molecule has 2 saturated carbocycles. The summed E-state index contributed by atoms with van der Waals surface area (Å²) < 4.78 is 0. The van der Waals surface area contributed by atoms with Gasteiger partial charge in [-0.1, -0.05) is 36.8 Å². The summed E-state index contributed by atoms with van der Waals surface area (Å²) in [5.74, 6) is 3.20. The summed E-state index contributed by atoms with van der Waals surface area (Å²) in [5.41, 5.74) is 1.41. The highest BCUT2D eigenvalue weighted by atomic mass is 14.9. The molecule has 0 amide bonds. The predicted molar refractivity (Wildman–Crippen MR) is 62.5 cm³/mol. The Morgan fingerprint density at radius 2 is 1.80 bits per heavy atom. The van der Waals surface area contributed by atoms with E-state index in [9.17, 15) is 0 Å². The van der Waals surface area contributed by atoms with Gasteiger partial charge in [0.25, 0.3) is 0 Å². The average molecular weight is 201 g/mol. The molecule has 80 valence electrons. The number of benzene rings is 1. The van der Waals surface area contributed by atoms with Gasteiger partial charge in [-0.15, -0.1) is 0 Å². The molecule has 0 aromatic heterocycles. The van der Waals surface area contributed by atoms with Gasteiger partial charge >= 0.3 is 0 Å². The molecule has 3 rings (SSSR count). The van der Waals surface area contributed by atoms with E-state index in [1.165, 1.54) is 31.4 Å². The maximum absolute atomic E-state index is 3.59. The van der Waals surface area contributed by atoms with Crippen molar-refractivity contribution in [1.29, 1.82) is 0 Å². The van der Waals surface area contributed by atoms with Crippen LogP contribution in [-0.2, 0) is 6.54 Å². The van der Waals surface area contributed by atoms with Gasteiger partial charge in [0.2, 0.25) is 0 Å². The standard InChI is InChI=1S/C14H19N/c1-2-5-11(6-3-1)9-15-10-14-12-7-4-8-13(12)14/h1-3,5-6,12-15H,4,7-10H2. The molecule has 0 heterocycles. The van der Waals surface area contributed by atoms with Crippen molar-refractivity contribution >= 4 is 0 Å². The van der Waals surface area contributed by atoms with Crippen molar-refractivity contribution in [2.45, 2.75) is 25.8 Å². The van der Waals surface area contributed by atoms with Gasteiger partial charge in [0.1, 0.15) is 0 Å². The van der Waals surface area contributed by atoms with Crippen LogP contribution in [0.25, 0.3) is 0 Å². The van der Waals surface area contributed by atoms with E-state index in [1.807, 2.05) is 0 Å². The fraction of sp³-hybridized carbons (Fsp3) is 0.571. The lowest BCUT2D eigenvalue weighted by atomic mass is 10.1. The van der Waals surface area contributed by atoms with Gasteiger partial charge in [-0.05, 0) is 42.7 Å². The summed E-state index contributed by atoms with van der Waals surface area (Å²) in [6.45, 7) is 2.28. The number of rotatable bonds is 4. The van der Waals surface area contributed by atoms with Gasteiger partial charge in [-0.25, -0.2) is 0 Å². The van der Waals surface area contributed by atoms with E-state index in [0.717, 1.165) is 24.3 Å². The smallest absolute Gasteiger partial charge is 0.0205 e. The minimum atomic E-state index is 1.02. The molecule has 2 unspecified atom stereocenters. The van der Waals surface area contributed by atoms with Crippen molar-refractivity contribution in [3.63, 3.8) is 0 Å². The summed E-state index contributed by atoms with van der Waals surface area (Å²) in [6.07, 6.45) is 4.50. The van der Waals surface area contributed by atoms with Crippen LogP contribution in [0, 0.1) is 17.8 Å². The van der Waals surface area contributed by atoms with Gasteiger partial charge < -0.3 is 5.32 Å². The van der Waals surface area contributed by atoms with Crippen molar-refractivity contribution in [2.24, 2.45) is 17.8 Å². The van der Waals surface area contributed by atoms with Crippen molar-refractivity contribution in [3.05, 3.63) is 35.9 Å². The van der Waals surface area contributed by atoms with Crippen LogP contribution in [0.5, 0.6) is 0 Å². The van der Waals surface area contributed by atoms with Crippen LogP contribution in [0.1, 0.15) is 24.8 Å². The molecule has 1 aromatic carbocycles. The summed E-state index contributed by atoms with van der Waals surface area (Å²) >= 11 is 0.